The van der Waals surface area contributed by atoms with Crippen LogP contribution in [-0.2, 0) is 10.0 Å². The highest BCUT2D eigenvalue weighted by Crippen LogP contribution is 2.19. The fraction of sp³-hybridized carbons (Fsp3) is 0.0833. The second kappa shape index (κ2) is 4.85. The van der Waals surface area contributed by atoms with Crippen molar-refractivity contribution in [3.05, 3.63) is 47.9 Å². The van der Waals surface area contributed by atoms with Crippen molar-refractivity contribution in [2.24, 2.45) is 0 Å². The number of rotatable bonds is 3. The molecule has 0 aliphatic heterocycles. The molecule has 0 fully saturated rings. The Morgan fingerprint density at radius 2 is 2.00 bits per heavy atom. The number of hydrogen-bond acceptors (Lipinski definition) is 4. The number of nitrogen functional groups attached to an aromatic ring is 1. The predicted octanol–water partition coefficient (Wildman–Crippen LogP) is 1.91. The Labute approximate surface area is 110 Å². The number of nitrogens with zero attached hydrogens (tertiary/aromatic N) is 1. The van der Waals surface area contributed by atoms with Crippen LogP contribution in [0.4, 0.5) is 15.9 Å². The number of benzene rings is 1. The smallest absolute Gasteiger partial charge is 0.263 e. The fourth-order valence-corrected chi connectivity index (χ4v) is 2.46. The maximum absolute atomic E-state index is 12.7. The van der Waals surface area contributed by atoms with E-state index in [-0.39, 0.29) is 10.7 Å². The van der Waals surface area contributed by atoms with Crippen LogP contribution in [0.2, 0.25) is 0 Å². The van der Waals surface area contributed by atoms with Crippen LogP contribution in [0.5, 0.6) is 0 Å². The highest BCUT2D eigenvalue weighted by atomic mass is 32.2. The summed E-state index contributed by atoms with van der Waals surface area (Å²) in [5, 5.41) is 0. The molecule has 0 bridgehead atoms. The van der Waals surface area contributed by atoms with Crippen LogP contribution in [0.3, 0.4) is 0 Å². The van der Waals surface area contributed by atoms with Gasteiger partial charge in [-0.25, -0.2) is 17.8 Å². The molecule has 3 N–H and O–H groups in total. The van der Waals surface area contributed by atoms with Crippen LogP contribution < -0.4 is 10.5 Å². The van der Waals surface area contributed by atoms with Gasteiger partial charge in [0.2, 0.25) is 0 Å². The quantitative estimate of drug-likeness (QED) is 0.842. The van der Waals surface area contributed by atoms with Gasteiger partial charge in [-0.3, -0.25) is 4.72 Å². The molecule has 0 aliphatic carbocycles. The highest BCUT2D eigenvalue weighted by Gasteiger charge is 2.15. The SMILES string of the molecule is Cc1ccc(S(=O)(=O)Nc2ccc(F)cn2)cc1N. The molecule has 1 aromatic heterocycles. The summed E-state index contributed by atoms with van der Waals surface area (Å²) >= 11 is 0. The first-order chi connectivity index (χ1) is 8.88. The van der Waals surface area contributed by atoms with E-state index in [0.29, 0.717) is 5.69 Å². The van der Waals surface area contributed by atoms with E-state index in [1.165, 1.54) is 18.2 Å². The average Bonchev–Trinajstić information content (AvgIpc) is 2.35. The minimum Gasteiger partial charge on any atom is -0.398 e. The maximum atomic E-state index is 12.7. The summed E-state index contributed by atoms with van der Waals surface area (Å²) in [6.07, 6.45) is 0.932. The van der Waals surface area contributed by atoms with Gasteiger partial charge < -0.3 is 5.73 Å². The molecule has 0 saturated carbocycles. The summed E-state index contributed by atoms with van der Waals surface area (Å²) in [5.41, 5.74) is 6.85. The van der Waals surface area contributed by atoms with E-state index in [2.05, 4.69) is 9.71 Å². The van der Waals surface area contributed by atoms with Gasteiger partial charge in [-0.2, -0.15) is 0 Å². The third kappa shape index (κ3) is 3.00. The topological polar surface area (TPSA) is 85.1 Å². The predicted molar refractivity (Wildman–Crippen MR) is 70.6 cm³/mol. The van der Waals surface area contributed by atoms with Crippen LogP contribution in [0, 0.1) is 12.7 Å². The molecule has 19 heavy (non-hydrogen) atoms. The van der Waals surface area contributed by atoms with E-state index in [0.717, 1.165) is 17.8 Å². The van der Waals surface area contributed by atoms with Crippen molar-refractivity contribution >= 4 is 21.5 Å². The minimum atomic E-state index is -3.78. The van der Waals surface area contributed by atoms with Gasteiger partial charge in [-0.1, -0.05) is 6.07 Å². The normalized spacial score (nSPS) is 11.3. The number of aryl methyl sites for hydroxylation is 1. The lowest BCUT2D eigenvalue weighted by Gasteiger charge is -2.08. The Morgan fingerprint density at radius 3 is 2.58 bits per heavy atom. The van der Waals surface area contributed by atoms with Crippen molar-refractivity contribution < 1.29 is 12.8 Å². The van der Waals surface area contributed by atoms with E-state index >= 15 is 0 Å². The molecule has 1 aromatic carbocycles. The van der Waals surface area contributed by atoms with Crippen LogP contribution in [-0.4, -0.2) is 13.4 Å². The summed E-state index contributed by atoms with van der Waals surface area (Å²) < 4.78 is 39.0. The summed E-state index contributed by atoms with van der Waals surface area (Å²) in [4.78, 5) is 3.66. The molecule has 1 heterocycles. The Bertz CT molecular complexity index is 699. The van der Waals surface area contributed by atoms with Crippen molar-refractivity contribution in [2.45, 2.75) is 11.8 Å². The molecular formula is C12H12FN3O2S. The van der Waals surface area contributed by atoms with Gasteiger partial charge in [0.05, 0.1) is 11.1 Å². The molecule has 7 heteroatoms. The molecule has 0 atom stereocenters. The Morgan fingerprint density at radius 1 is 1.26 bits per heavy atom. The van der Waals surface area contributed by atoms with Crippen molar-refractivity contribution in [1.29, 1.82) is 0 Å². The molecule has 0 aliphatic rings. The molecule has 2 aromatic rings. The highest BCUT2D eigenvalue weighted by molar-refractivity contribution is 7.92. The van der Waals surface area contributed by atoms with Gasteiger partial charge in [-0.05, 0) is 36.8 Å². The van der Waals surface area contributed by atoms with Crippen LogP contribution in [0.1, 0.15) is 5.56 Å². The summed E-state index contributed by atoms with van der Waals surface area (Å²) in [6, 6.07) is 6.78. The van der Waals surface area contributed by atoms with Crippen molar-refractivity contribution in [3.8, 4) is 0 Å². The zero-order valence-corrected chi connectivity index (χ0v) is 10.9. The molecule has 0 unspecified atom stereocenters. The van der Waals surface area contributed by atoms with E-state index in [1.54, 1.807) is 13.0 Å². The van der Waals surface area contributed by atoms with Gasteiger partial charge in [0, 0.05) is 5.69 Å². The first-order valence-electron chi connectivity index (χ1n) is 5.39. The molecule has 5 nitrogen and oxygen atoms in total. The number of aromatic nitrogens is 1. The first-order valence-corrected chi connectivity index (χ1v) is 6.87. The third-order valence-corrected chi connectivity index (χ3v) is 3.88. The number of pyridine rings is 1. The standard InChI is InChI=1S/C12H12FN3O2S/c1-8-2-4-10(6-11(8)14)19(17,18)16-12-5-3-9(13)7-15-12/h2-7H,14H2,1H3,(H,15,16). The lowest BCUT2D eigenvalue weighted by Crippen LogP contribution is -2.14. The van der Waals surface area contributed by atoms with E-state index in [9.17, 15) is 12.8 Å². The third-order valence-electron chi connectivity index (χ3n) is 2.53. The monoisotopic (exact) mass is 281 g/mol. The Hall–Kier alpha value is -2.15. The van der Waals surface area contributed by atoms with E-state index in [4.69, 9.17) is 5.73 Å². The van der Waals surface area contributed by atoms with Gasteiger partial charge >= 0.3 is 0 Å². The van der Waals surface area contributed by atoms with Gasteiger partial charge in [0.25, 0.3) is 10.0 Å². The molecule has 0 amide bonds. The molecule has 0 radical (unpaired) electrons. The molecule has 0 saturated heterocycles. The zero-order valence-electron chi connectivity index (χ0n) is 10.1. The second-order valence-electron chi connectivity index (χ2n) is 3.99. The first kappa shape index (κ1) is 13.3. The van der Waals surface area contributed by atoms with Crippen molar-refractivity contribution in [3.63, 3.8) is 0 Å². The molecule has 100 valence electrons. The van der Waals surface area contributed by atoms with Gasteiger partial charge in [0.1, 0.15) is 11.6 Å². The van der Waals surface area contributed by atoms with Crippen LogP contribution >= 0.6 is 0 Å². The van der Waals surface area contributed by atoms with Gasteiger partial charge in [-0.15, -0.1) is 0 Å². The lowest BCUT2D eigenvalue weighted by molar-refractivity contribution is 0.600. The molecule has 2 rings (SSSR count). The van der Waals surface area contributed by atoms with Crippen molar-refractivity contribution in [1.82, 2.24) is 4.98 Å². The van der Waals surface area contributed by atoms with Crippen molar-refractivity contribution in [2.75, 3.05) is 10.5 Å². The zero-order chi connectivity index (χ0) is 14.0. The van der Waals surface area contributed by atoms with Crippen LogP contribution in [0.15, 0.2) is 41.4 Å². The number of sulfonamides is 1. The molecular weight excluding hydrogens is 269 g/mol. The number of halogens is 1. The average molecular weight is 281 g/mol. The number of hydrogen-bond donors (Lipinski definition) is 2. The van der Waals surface area contributed by atoms with E-state index < -0.39 is 15.8 Å². The molecule has 0 spiro atoms. The second-order valence-corrected chi connectivity index (χ2v) is 5.67. The Kier molecular flexibility index (Phi) is 3.39. The Balaban J connectivity index is 2.32. The van der Waals surface area contributed by atoms with E-state index in [1.807, 2.05) is 0 Å². The summed E-state index contributed by atoms with van der Waals surface area (Å²) in [7, 11) is -3.78. The number of nitrogens with two attached hydrogens (primary N) is 1. The number of nitrogens with one attached hydrogen (secondary N) is 1. The maximum Gasteiger partial charge on any atom is 0.263 e. The largest absolute Gasteiger partial charge is 0.398 e. The fourth-order valence-electron chi connectivity index (χ4n) is 1.42. The van der Waals surface area contributed by atoms with Crippen LogP contribution in [0.25, 0.3) is 0 Å². The number of anilines is 2. The summed E-state index contributed by atoms with van der Waals surface area (Å²) in [5.74, 6) is -0.497. The minimum absolute atomic E-state index is 0.0294. The van der Waals surface area contributed by atoms with Gasteiger partial charge in [0.15, 0.2) is 0 Å². The summed E-state index contributed by atoms with van der Waals surface area (Å²) in [6.45, 7) is 1.78. The lowest BCUT2D eigenvalue weighted by atomic mass is 10.2.